The van der Waals surface area contributed by atoms with E-state index < -0.39 is 0 Å². The van der Waals surface area contributed by atoms with Gasteiger partial charge in [-0.1, -0.05) is 31.2 Å². The Labute approximate surface area is 104 Å². The van der Waals surface area contributed by atoms with Crippen molar-refractivity contribution in [3.8, 4) is 0 Å². The van der Waals surface area contributed by atoms with Gasteiger partial charge in [-0.3, -0.25) is 0 Å². The van der Waals surface area contributed by atoms with E-state index in [-0.39, 0.29) is 0 Å². The highest BCUT2D eigenvalue weighted by Crippen LogP contribution is 2.29. The van der Waals surface area contributed by atoms with Gasteiger partial charge in [-0.25, -0.2) is 0 Å². The fourth-order valence-corrected chi connectivity index (χ4v) is 2.57. The molecule has 0 aliphatic carbocycles. The van der Waals surface area contributed by atoms with E-state index in [2.05, 4.69) is 31.2 Å². The van der Waals surface area contributed by atoms with E-state index in [1.807, 2.05) is 0 Å². The van der Waals surface area contributed by atoms with Crippen LogP contribution in [0.5, 0.6) is 0 Å². The van der Waals surface area contributed by atoms with Gasteiger partial charge >= 0.3 is 0 Å². The second-order valence-corrected chi connectivity index (χ2v) is 5.04. The maximum Gasteiger partial charge on any atom is 0.0471 e. The van der Waals surface area contributed by atoms with Crippen LogP contribution in [0.2, 0.25) is 0 Å². The number of rotatable bonds is 4. The largest absolute Gasteiger partial charge is 0.381 e. The molecule has 1 atom stereocenters. The normalized spacial score (nSPS) is 19.2. The molecule has 2 rings (SSSR count). The van der Waals surface area contributed by atoms with Crippen molar-refractivity contribution in [2.75, 3.05) is 19.8 Å². The van der Waals surface area contributed by atoms with E-state index in [0.29, 0.717) is 11.8 Å². The minimum atomic E-state index is 0.569. The summed E-state index contributed by atoms with van der Waals surface area (Å²) >= 11 is 0. The standard InChI is InChI=1S/C15H23NO/c1-12(5-8-16)14-3-2-4-15(11-14)13-6-9-17-10-7-13/h2-4,11-13H,5-10,16H2,1H3. The zero-order chi connectivity index (χ0) is 12.1. The molecule has 2 nitrogen and oxygen atoms in total. The number of hydrogen-bond donors (Lipinski definition) is 1. The summed E-state index contributed by atoms with van der Waals surface area (Å²) in [4.78, 5) is 0. The maximum absolute atomic E-state index is 5.63. The fraction of sp³-hybridized carbons (Fsp3) is 0.600. The third-order valence-electron chi connectivity index (χ3n) is 3.77. The van der Waals surface area contributed by atoms with Crippen molar-refractivity contribution in [2.24, 2.45) is 5.73 Å². The third kappa shape index (κ3) is 3.30. The van der Waals surface area contributed by atoms with Gasteiger partial charge in [-0.2, -0.15) is 0 Å². The van der Waals surface area contributed by atoms with Crippen LogP contribution in [0.15, 0.2) is 24.3 Å². The van der Waals surface area contributed by atoms with Crippen molar-refractivity contribution in [1.82, 2.24) is 0 Å². The van der Waals surface area contributed by atoms with Gasteiger partial charge in [0.15, 0.2) is 0 Å². The Hall–Kier alpha value is -0.860. The van der Waals surface area contributed by atoms with Gasteiger partial charge in [0.2, 0.25) is 0 Å². The third-order valence-corrected chi connectivity index (χ3v) is 3.77. The SMILES string of the molecule is CC(CCN)c1cccc(C2CCOCC2)c1. The highest BCUT2D eigenvalue weighted by atomic mass is 16.5. The van der Waals surface area contributed by atoms with Crippen LogP contribution < -0.4 is 5.73 Å². The lowest BCUT2D eigenvalue weighted by Crippen LogP contribution is -2.14. The molecule has 0 aromatic heterocycles. The zero-order valence-corrected chi connectivity index (χ0v) is 10.7. The summed E-state index contributed by atoms with van der Waals surface area (Å²) in [7, 11) is 0. The summed E-state index contributed by atoms with van der Waals surface area (Å²) in [5.74, 6) is 1.26. The average Bonchev–Trinajstić information content (AvgIpc) is 2.40. The van der Waals surface area contributed by atoms with Crippen molar-refractivity contribution in [2.45, 2.75) is 38.0 Å². The molecule has 1 aliphatic heterocycles. The van der Waals surface area contributed by atoms with Crippen molar-refractivity contribution in [3.05, 3.63) is 35.4 Å². The van der Waals surface area contributed by atoms with Crippen LogP contribution in [0.1, 0.15) is 49.1 Å². The number of benzene rings is 1. The van der Waals surface area contributed by atoms with Crippen molar-refractivity contribution in [3.63, 3.8) is 0 Å². The first-order valence-corrected chi connectivity index (χ1v) is 6.69. The van der Waals surface area contributed by atoms with Gasteiger partial charge < -0.3 is 10.5 Å². The molecule has 0 saturated carbocycles. The molecule has 0 bridgehead atoms. The van der Waals surface area contributed by atoms with Gasteiger partial charge in [-0.05, 0) is 48.8 Å². The lowest BCUT2D eigenvalue weighted by molar-refractivity contribution is 0.0853. The van der Waals surface area contributed by atoms with Gasteiger partial charge in [0, 0.05) is 13.2 Å². The first-order chi connectivity index (χ1) is 8.31. The van der Waals surface area contributed by atoms with E-state index in [0.717, 1.165) is 39.0 Å². The summed E-state index contributed by atoms with van der Waals surface area (Å²) in [5, 5.41) is 0. The number of hydrogen-bond acceptors (Lipinski definition) is 2. The predicted molar refractivity (Wildman–Crippen MR) is 71.3 cm³/mol. The molecule has 2 heteroatoms. The molecule has 1 heterocycles. The lowest BCUT2D eigenvalue weighted by atomic mass is 9.88. The van der Waals surface area contributed by atoms with Gasteiger partial charge in [0.05, 0.1) is 0 Å². The zero-order valence-electron chi connectivity index (χ0n) is 10.7. The van der Waals surface area contributed by atoms with Crippen LogP contribution in [0.4, 0.5) is 0 Å². The monoisotopic (exact) mass is 233 g/mol. The van der Waals surface area contributed by atoms with E-state index in [9.17, 15) is 0 Å². The second kappa shape index (κ2) is 6.18. The second-order valence-electron chi connectivity index (χ2n) is 5.04. The van der Waals surface area contributed by atoms with E-state index >= 15 is 0 Å². The first kappa shape index (κ1) is 12.6. The molecule has 0 spiro atoms. The van der Waals surface area contributed by atoms with Crippen LogP contribution >= 0.6 is 0 Å². The van der Waals surface area contributed by atoms with Gasteiger partial charge in [-0.15, -0.1) is 0 Å². The summed E-state index contributed by atoms with van der Waals surface area (Å²) in [6.45, 7) is 4.85. The molecule has 1 fully saturated rings. The van der Waals surface area contributed by atoms with Crippen LogP contribution in [-0.2, 0) is 4.74 Å². The molecular weight excluding hydrogens is 210 g/mol. The van der Waals surface area contributed by atoms with Crippen LogP contribution in [0.25, 0.3) is 0 Å². The fourth-order valence-electron chi connectivity index (χ4n) is 2.57. The molecule has 2 N–H and O–H groups in total. The Balaban J connectivity index is 2.09. The highest BCUT2D eigenvalue weighted by molar-refractivity contribution is 5.29. The topological polar surface area (TPSA) is 35.2 Å². The van der Waals surface area contributed by atoms with E-state index in [4.69, 9.17) is 10.5 Å². The van der Waals surface area contributed by atoms with Gasteiger partial charge in [0.25, 0.3) is 0 Å². The molecule has 94 valence electrons. The Morgan fingerprint density at radius 2 is 2.12 bits per heavy atom. The lowest BCUT2D eigenvalue weighted by Gasteiger charge is -2.23. The highest BCUT2D eigenvalue weighted by Gasteiger charge is 2.16. The molecule has 1 aromatic rings. The predicted octanol–water partition coefficient (Wildman–Crippen LogP) is 3.03. The van der Waals surface area contributed by atoms with Crippen molar-refractivity contribution in [1.29, 1.82) is 0 Å². The van der Waals surface area contributed by atoms with E-state index in [1.165, 1.54) is 11.1 Å². The Morgan fingerprint density at radius 3 is 2.82 bits per heavy atom. The summed E-state index contributed by atoms with van der Waals surface area (Å²) in [6, 6.07) is 9.04. The molecule has 0 radical (unpaired) electrons. The first-order valence-electron chi connectivity index (χ1n) is 6.69. The minimum Gasteiger partial charge on any atom is -0.381 e. The number of nitrogens with two attached hydrogens (primary N) is 1. The molecule has 1 aliphatic rings. The summed E-state index contributed by atoms with van der Waals surface area (Å²) in [5.41, 5.74) is 8.54. The molecular formula is C15H23NO. The molecule has 17 heavy (non-hydrogen) atoms. The minimum absolute atomic E-state index is 0.569. The Kier molecular flexibility index (Phi) is 4.57. The Morgan fingerprint density at radius 1 is 1.35 bits per heavy atom. The van der Waals surface area contributed by atoms with Crippen LogP contribution in [0, 0.1) is 0 Å². The molecule has 1 unspecified atom stereocenters. The van der Waals surface area contributed by atoms with Crippen LogP contribution in [0.3, 0.4) is 0 Å². The Bertz CT molecular complexity index is 345. The number of ether oxygens (including phenoxy) is 1. The summed E-state index contributed by atoms with van der Waals surface area (Å²) < 4.78 is 5.42. The average molecular weight is 233 g/mol. The molecule has 1 saturated heterocycles. The molecule has 0 amide bonds. The quantitative estimate of drug-likeness (QED) is 0.867. The summed E-state index contributed by atoms with van der Waals surface area (Å²) in [6.07, 6.45) is 3.39. The van der Waals surface area contributed by atoms with Crippen LogP contribution in [-0.4, -0.2) is 19.8 Å². The van der Waals surface area contributed by atoms with Gasteiger partial charge in [0.1, 0.15) is 0 Å². The van der Waals surface area contributed by atoms with Crippen molar-refractivity contribution >= 4 is 0 Å². The smallest absolute Gasteiger partial charge is 0.0471 e. The van der Waals surface area contributed by atoms with E-state index in [1.54, 1.807) is 0 Å². The van der Waals surface area contributed by atoms with Crippen molar-refractivity contribution < 1.29 is 4.74 Å². The maximum atomic E-state index is 5.63. The molecule has 1 aromatic carbocycles.